The normalized spacial score (nSPS) is 26.2. The van der Waals surface area contributed by atoms with Gasteiger partial charge in [-0.2, -0.15) is 0 Å². The van der Waals surface area contributed by atoms with Crippen molar-refractivity contribution in [2.75, 3.05) is 13.2 Å². The fraction of sp³-hybridized carbons (Fsp3) is 0.615. The molecule has 3 rings (SSSR count). The van der Waals surface area contributed by atoms with Gasteiger partial charge in [0.2, 0.25) is 0 Å². The molecule has 2 N–H and O–H groups in total. The first kappa shape index (κ1) is 12.5. The maximum absolute atomic E-state index is 11.4. The smallest absolute Gasteiger partial charge is 0.354 e. The number of carbonyl (C=O) groups is 1. The molecule has 0 amide bonds. The lowest BCUT2D eigenvalue weighted by Crippen LogP contribution is -2.32. The van der Waals surface area contributed by atoms with Gasteiger partial charge in [-0.1, -0.05) is 0 Å². The van der Waals surface area contributed by atoms with E-state index in [-0.39, 0.29) is 5.69 Å². The lowest BCUT2D eigenvalue weighted by atomic mass is 9.99. The number of nitrogens with one attached hydrogen (secondary N) is 1. The van der Waals surface area contributed by atoms with Crippen molar-refractivity contribution < 1.29 is 14.6 Å². The van der Waals surface area contributed by atoms with Gasteiger partial charge in [0.25, 0.3) is 0 Å². The first-order valence-corrected chi connectivity index (χ1v) is 6.58. The molecule has 0 radical (unpaired) electrons. The van der Waals surface area contributed by atoms with E-state index in [2.05, 4.69) is 15.3 Å². The molecule has 1 aromatic heterocycles. The Kier molecular flexibility index (Phi) is 2.99. The Balaban J connectivity index is 2.11. The highest BCUT2D eigenvalue weighted by atomic mass is 16.5. The SMILES string of the molecule is CC1(c2nc3c(c(C(=O)O)n2)CCNC3)CCCO1. The first-order valence-electron chi connectivity index (χ1n) is 6.58. The summed E-state index contributed by atoms with van der Waals surface area (Å²) in [5, 5.41) is 12.6. The van der Waals surface area contributed by atoms with Gasteiger partial charge in [-0.3, -0.25) is 0 Å². The summed E-state index contributed by atoms with van der Waals surface area (Å²) in [5.74, 6) is -0.478. The van der Waals surface area contributed by atoms with Crippen LogP contribution in [0, 0.1) is 0 Å². The molecule has 19 heavy (non-hydrogen) atoms. The van der Waals surface area contributed by atoms with E-state index < -0.39 is 11.6 Å². The van der Waals surface area contributed by atoms with Gasteiger partial charge >= 0.3 is 5.97 Å². The molecular weight excluding hydrogens is 246 g/mol. The molecule has 1 aromatic rings. The molecule has 0 bridgehead atoms. The fourth-order valence-electron chi connectivity index (χ4n) is 2.73. The third-order valence-corrected chi connectivity index (χ3v) is 3.83. The molecule has 102 valence electrons. The zero-order chi connectivity index (χ0) is 13.5. The summed E-state index contributed by atoms with van der Waals surface area (Å²) in [6, 6.07) is 0. The molecular formula is C13H17N3O3. The molecule has 1 unspecified atom stereocenters. The van der Waals surface area contributed by atoms with Crippen molar-refractivity contribution in [3.63, 3.8) is 0 Å². The number of hydrogen-bond acceptors (Lipinski definition) is 5. The van der Waals surface area contributed by atoms with Crippen LogP contribution in [0.25, 0.3) is 0 Å². The van der Waals surface area contributed by atoms with Crippen molar-refractivity contribution in [3.05, 3.63) is 22.8 Å². The van der Waals surface area contributed by atoms with Gasteiger partial charge in [-0.25, -0.2) is 14.8 Å². The van der Waals surface area contributed by atoms with Crippen LogP contribution in [-0.4, -0.2) is 34.2 Å². The third-order valence-electron chi connectivity index (χ3n) is 3.83. The lowest BCUT2D eigenvalue weighted by molar-refractivity contribution is 0.00880. The lowest BCUT2D eigenvalue weighted by Gasteiger charge is -2.25. The highest BCUT2D eigenvalue weighted by Crippen LogP contribution is 2.34. The number of fused-ring (bicyclic) bond motifs is 1. The van der Waals surface area contributed by atoms with Crippen molar-refractivity contribution in [2.45, 2.75) is 38.3 Å². The number of nitrogens with zero attached hydrogens (tertiary/aromatic N) is 2. The quantitative estimate of drug-likeness (QED) is 0.822. The number of aromatic nitrogens is 2. The Bertz CT molecular complexity index is 524. The average molecular weight is 263 g/mol. The summed E-state index contributed by atoms with van der Waals surface area (Å²) < 4.78 is 5.71. The molecule has 1 saturated heterocycles. The second-order valence-electron chi connectivity index (χ2n) is 5.24. The van der Waals surface area contributed by atoms with Crippen molar-refractivity contribution in [1.82, 2.24) is 15.3 Å². The molecule has 0 saturated carbocycles. The van der Waals surface area contributed by atoms with E-state index in [4.69, 9.17) is 4.74 Å². The van der Waals surface area contributed by atoms with Crippen LogP contribution >= 0.6 is 0 Å². The Hall–Kier alpha value is -1.53. The van der Waals surface area contributed by atoms with Crippen LogP contribution in [0.4, 0.5) is 0 Å². The molecule has 0 spiro atoms. The highest BCUT2D eigenvalue weighted by molar-refractivity contribution is 5.87. The molecule has 0 aromatic carbocycles. The maximum atomic E-state index is 11.4. The van der Waals surface area contributed by atoms with Crippen molar-refractivity contribution >= 4 is 5.97 Å². The monoisotopic (exact) mass is 263 g/mol. The number of carboxylic acids is 1. The van der Waals surface area contributed by atoms with E-state index in [1.807, 2.05) is 6.92 Å². The van der Waals surface area contributed by atoms with Gasteiger partial charge in [-0.05, 0) is 32.7 Å². The van der Waals surface area contributed by atoms with Crippen LogP contribution in [0.2, 0.25) is 0 Å². The zero-order valence-corrected chi connectivity index (χ0v) is 10.9. The first-order chi connectivity index (χ1) is 9.10. The predicted molar refractivity (Wildman–Crippen MR) is 66.9 cm³/mol. The van der Waals surface area contributed by atoms with E-state index in [1.165, 1.54) is 0 Å². The summed E-state index contributed by atoms with van der Waals surface area (Å²) in [7, 11) is 0. The number of rotatable bonds is 2. The largest absolute Gasteiger partial charge is 0.477 e. The van der Waals surface area contributed by atoms with Crippen molar-refractivity contribution in [2.24, 2.45) is 0 Å². The third kappa shape index (κ3) is 2.11. The minimum atomic E-state index is -0.983. The van der Waals surface area contributed by atoms with E-state index in [0.717, 1.165) is 30.6 Å². The van der Waals surface area contributed by atoms with E-state index in [1.54, 1.807) is 0 Å². The predicted octanol–water partition coefficient (Wildman–Crippen LogP) is 0.846. The van der Waals surface area contributed by atoms with Gasteiger partial charge in [0.05, 0.1) is 5.69 Å². The Morgan fingerprint density at radius 2 is 2.32 bits per heavy atom. The topological polar surface area (TPSA) is 84.3 Å². The molecule has 1 atom stereocenters. The van der Waals surface area contributed by atoms with Gasteiger partial charge in [0.1, 0.15) is 5.60 Å². The standard InChI is InChI=1S/C13H17N3O3/c1-13(4-2-6-19-13)12-15-9-7-14-5-3-8(9)10(16-12)11(17)18/h14H,2-7H2,1H3,(H,17,18). The molecule has 1 fully saturated rings. The van der Waals surface area contributed by atoms with E-state index in [9.17, 15) is 9.90 Å². The second-order valence-corrected chi connectivity index (χ2v) is 5.24. The van der Waals surface area contributed by atoms with Gasteiger partial charge in [0.15, 0.2) is 11.5 Å². The average Bonchev–Trinajstić information content (AvgIpc) is 2.85. The highest BCUT2D eigenvalue weighted by Gasteiger charge is 2.36. The summed E-state index contributed by atoms with van der Waals surface area (Å²) in [6.45, 7) is 3.98. The molecule has 0 aliphatic carbocycles. The van der Waals surface area contributed by atoms with Crippen molar-refractivity contribution in [1.29, 1.82) is 0 Å². The summed E-state index contributed by atoms with van der Waals surface area (Å²) >= 11 is 0. The van der Waals surface area contributed by atoms with Gasteiger partial charge in [0, 0.05) is 18.7 Å². The minimum absolute atomic E-state index is 0.137. The Morgan fingerprint density at radius 1 is 1.47 bits per heavy atom. The minimum Gasteiger partial charge on any atom is -0.477 e. The number of aromatic carboxylic acids is 1. The fourth-order valence-corrected chi connectivity index (χ4v) is 2.73. The Labute approximate surface area is 111 Å². The zero-order valence-electron chi connectivity index (χ0n) is 10.9. The summed E-state index contributed by atoms with van der Waals surface area (Å²) in [4.78, 5) is 20.2. The Morgan fingerprint density at radius 3 is 3.00 bits per heavy atom. The van der Waals surface area contributed by atoms with Crippen molar-refractivity contribution in [3.8, 4) is 0 Å². The number of carboxylic acid groups (broad SMARTS) is 1. The van der Waals surface area contributed by atoms with Crippen LogP contribution in [0.15, 0.2) is 0 Å². The van der Waals surface area contributed by atoms with Crippen LogP contribution in [-0.2, 0) is 23.3 Å². The summed E-state index contributed by atoms with van der Waals surface area (Å²) in [6.07, 6.45) is 2.45. The number of hydrogen-bond donors (Lipinski definition) is 2. The van der Waals surface area contributed by atoms with Crippen LogP contribution in [0.3, 0.4) is 0 Å². The van der Waals surface area contributed by atoms with E-state index >= 15 is 0 Å². The van der Waals surface area contributed by atoms with E-state index in [0.29, 0.717) is 25.4 Å². The van der Waals surface area contributed by atoms with Crippen LogP contribution in [0.1, 0.15) is 47.3 Å². The van der Waals surface area contributed by atoms with Gasteiger partial charge in [-0.15, -0.1) is 0 Å². The molecule has 2 aliphatic heterocycles. The van der Waals surface area contributed by atoms with Crippen LogP contribution < -0.4 is 5.32 Å². The van der Waals surface area contributed by atoms with Crippen LogP contribution in [0.5, 0.6) is 0 Å². The molecule has 2 aliphatic rings. The molecule has 6 heteroatoms. The summed E-state index contributed by atoms with van der Waals surface area (Å²) in [5.41, 5.74) is 1.15. The maximum Gasteiger partial charge on any atom is 0.354 e. The second kappa shape index (κ2) is 4.54. The molecule has 6 nitrogen and oxygen atoms in total. The van der Waals surface area contributed by atoms with Gasteiger partial charge < -0.3 is 15.2 Å². The molecule has 3 heterocycles. The number of ether oxygens (including phenoxy) is 1.